The van der Waals surface area contributed by atoms with Crippen molar-refractivity contribution in [2.75, 3.05) is 16.8 Å². The van der Waals surface area contributed by atoms with E-state index in [4.69, 9.17) is 0 Å². The smallest absolute Gasteiger partial charge is 0.226 e. The molecule has 1 aliphatic heterocycles. The molecule has 2 heterocycles. The highest BCUT2D eigenvalue weighted by Gasteiger charge is 2.21. The highest BCUT2D eigenvalue weighted by molar-refractivity contribution is 5.91. The molecule has 1 aromatic heterocycles. The molecule has 110 valence electrons. The predicted molar refractivity (Wildman–Crippen MR) is 83.0 cm³/mol. The summed E-state index contributed by atoms with van der Waals surface area (Å²) in [6.07, 6.45) is 6.73. The SMILES string of the molecule is CCC1CCCCN1c1ccc(NC(=O)C(C)C)cn1. The van der Waals surface area contributed by atoms with E-state index in [0.29, 0.717) is 6.04 Å². The van der Waals surface area contributed by atoms with Crippen LogP contribution in [0.1, 0.15) is 46.5 Å². The quantitative estimate of drug-likeness (QED) is 0.915. The van der Waals surface area contributed by atoms with Gasteiger partial charge in [-0.3, -0.25) is 4.79 Å². The number of anilines is 2. The summed E-state index contributed by atoms with van der Waals surface area (Å²) in [6, 6.07) is 4.57. The Morgan fingerprint density at radius 1 is 1.45 bits per heavy atom. The van der Waals surface area contributed by atoms with Crippen LogP contribution >= 0.6 is 0 Å². The van der Waals surface area contributed by atoms with Crippen molar-refractivity contribution in [1.29, 1.82) is 0 Å². The summed E-state index contributed by atoms with van der Waals surface area (Å²) >= 11 is 0. The summed E-state index contributed by atoms with van der Waals surface area (Å²) < 4.78 is 0. The summed E-state index contributed by atoms with van der Waals surface area (Å²) in [7, 11) is 0. The predicted octanol–water partition coefficient (Wildman–Crippen LogP) is 3.45. The second-order valence-corrected chi connectivity index (χ2v) is 5.80. The van der Waals surface area contributed by atoms with Gasteiger partial charge in [-0.2, -0.15) is 0 Å². The van der Waals surface area contributed by atoms with E-state index in [-0.39, 0.29) is 11.8 Å². The molecular weight excluding hydrogens is 250 g/mol. The minimum absolute atomic E-state index is 0.0127. The number of aromatic nitrogens is 1. The Kier molecular flexibility index (Phi) is 4.99. The van der Waals surface area contributed by atoms with Crippen LogP contribution in [0.4, 0.5) is 11.5 Å². The molecule has 1 N–H and O–H groups in total. The summed E-state index contributed by atoms with van der Waals surface area (Å²) in [4.78, 5) is 18.6. The number of nitrogens with one attached hydrogen (secondary N) is 1. The van der Waals surface area contributed by atoms with Crippen LogP contribution in [-0.2, 0) is 4.79 Å². The second kappa shape index (κ2) is 6.73. The van der Waals surface area contributed by atoms with E-state index in [0.717, 1.165) is 24.5 Å². The minimum Gasteiger partial charge on any atom is -0.354 e. The van der Waals surface area contributed by atoms with Gasteiger partial charge in [0.05, 0.1) is 11.9 Å². The molecule has 1 saturated heterocycles. The number of rotatable bonds is 4. The molecule has 1 unspecified atom stereocenters. The third kappa shape index (κ3) is 3.50. The van der Waals surface area contributed by atoms with Gasteiger partial charge in [0.25, 0.3) is 0 Å². The van der Waals surface area contributed by atoms with Gasteiger partial charge in [-0.05, 0) is 37.8 Å². The molecule has 1 aromatic rings. The Morgan fingerprint density at radius 2 is 2.25 bits per heavy atom. The minimum atomic E-state index is -0.0127. The van der Waals surface area contributed by atoms with Gasteiger partial charge in [0, 0.05) is 18.5 Å². The summed E-state index contributed by atoms with van der Waals surface area (Å²) in [5, 5.41) is 2.88. The van der Waals surface area contributed by atoms with Crippen molar-refractivity contribution >= 4 is 17.4 Å². The van der Waals surface area contributed by atoms with Gasteiger partial charge in [0.1, 0.15) is 5.82 Å². The van der Waals surface area contributed by atoms with Crippen LogP contribution in [0, 0.1) is 5.92 Å². The lowest BCUT2D eigenvalue weighted by molar-refractivity contribution is -0.118. The lowest BCUT2D eigenvalue weighted by Gasteiger charge is -2.36. The molecule has 0 aliphatic carbocycles. The fourth-order valence-electron chi connectivity index (χ4n) is 2.64. The zero-order chi connectivity index (χ0) is 14.5. The van der Waals surface area contributed by atoms with E-state index in [2.05, 4.69) is 22.1 Å². The van der Waals surface area contributed by atoms with Crippen molar-refractivity contribution in [2.45, 2.75) is 52.5 Å². The first-order valence-corrected chi connectivity index (χ1v) is 7.65. The maximum absolute atomic E-state index is 11.6. The van der Waals surface area contributed by atoms with Crippen molar-refractivity contribution in [3.63, 3.8) is 0 Å². The highest BCUT2D eigenvalue weighted by Crippen LogP contribution is 2.25. The molecular formula is C16H25N3O. The normalized spacial score (nSPS) is 19.2. The number of carbonyl (C=O) groups is 1. The van der Waals surface area contributed by atoms with Crippen molar-refractivity contribution < 1.29 is 4.79 Å². The standard InChI is InChI=1S/C16H25N3O/c1-4-14-7-5-6-10-19(14)15-9-8-13(11-17-15)18-16(20)12(2)3/h8-9,11-12,14H,4-7,10H2,1-3H3,(H,18,20). The molecule has 1 fully saturated rings. The molecule has 20 heavy (non-hydrogen) atoms. The van der Waals surface area contributed by atoms with E-state index in [1.54, 1.807) is 6.20 Å². The molecule has 0 radical (unpaired) electrons. The number of amides is 1. The topological polar surface area (TPSA) is 45.2 Å². The van der Waals surface area contributed by atoms with Crippen LogP contribution < -0.4 is 10.2 Å². The van der Waals surface area contributed by atoms with Gasteiger partial charge in [-0.15, -0.1) is 0 Å². The van der Waals surface area contributed by atoms with Crippen LogP contribution in [0.3, 0.4) is 0 Å². The number of carbonyl (C=O) groups excluding carboxylic acids is 1. The maximum Gasteiger partial charge on any atom is 0.226 e. The fourth-order valence-corrected chi connectivity index (χ4v) is 2.64. The Morgan fingerprint density at radius 3 is 2.85 bits per heavy atom. The first-order chi connectivity index (χ1) is 9.61. The molecule has 0 aromatic carbocycles. The van der Waals surface area contributed by atoms with Crippen molar-refractivity contribution in [3.05, 3.63) is 18.3 Å². The van der Waals surface area contributed by atoms with Crippen LogP contribution in [0.2, 0.25) is 0 Å². The highest BCUT2D eigenvalue weighted by atomic mass is 16.1. The Hall–Kier alpha value is -1.58. The number of nitrogens with zero attached hydrogens (tertiary/aromatic N) is 2. The van der Waals surface area contributed by atoms with E-state index in [1.165, 1.54) is 19.3 Å². The number of pyridine rings is 1. The monoisotopic (exact) mass is 275 g/mol. The van der Waals surface area contributed by atoms with Crippen molar-refractivity contribution in [1.82, 2.24) is 4.98 Å². The zero-order valence-corrected chi connectivity index (χ0v) is 12.7. The van der Waals surface area contributed by atoms with E-state index in [1.807, 2.05) is 26.0 Å². The van der Waals surface area contributed by atoms with Crippen molar-refractivity contribution in [2.24, 2.45) is 5.92 Å². The first kappa shape index (κ1) is 14.8. The van der Waals surface area contributed by atoms with E-state index in [9.17, 15) is 4.79 Å². The summed E-state index contributed by atoms with van der Waals surface area (Å²) in [5.74, 6) is 1.05. The first-order valence-electron chi connectivity index (χ1n) is 7.65. The number of hydrogen-bond donors (Lipinski definition) is 1. The molecule has 4 heteroatoms. The van der Waals surface area contributed by atoms with Gasteiger partial charge in [0.2, 0.25) is 5.91 Å². The molecule has 1 amide bonds. The van der Waals surface area contributed by atoms with Gasteiger partial charge in [0.15, 0.2) is 0 Å². The average molecular weight is 275 g/mol. The van der Waals surface area contributed by atoms with Crippen LogP contribution in [0.25, 0.3) is 0 Å². The number of hydrogen-bond acceptors (Lipinski definition) is 3. The third-order valence-corrected chi connectivity index (χ3v) is 3.93. The van der Waals surface area contributed by atoms with Gasteiger partial charge >= 0.3 is 0 Å². The molecule has 1 aliphatic rings. The van der Waals surface area contributed by atoms with Crippen molar-refractivity contribution in [3.8, 4) is 0 Å². The lowest BCUT2D eigenvalue weighted by atomic mass is 10.00. The lowest BCUT2D eigenvalue weighted by Crippen LogP contribution is -2.39. The summed E-state index contributed by atoms with van der Waals surface area (Å²) in [5.41, 5.74) is 0.775. The van der Waals surface area contributed by atoms with E-state index < -0.39 is 0 Å². The van der Waals surface area contributed by atoms with Crippen LogP contribution in [-0.4, -0.2) is 23.5 Å². The molecule has 0 saturated carbocycles. The fraction of sp³-hybridized carbons (Fsp3) is 0.625. The molecule has 0 spiro atoms. The molecule has 4 nitrogen and oxygen atoms in total. The van der Waals surface area contributed by atoms with Gasteiger partial charge in [-0.1, -0.05) is 20.8 Å². The van der Waals surface area contributed by atoms with Crippen LogP contribution in [0.5, 0.6) is 0 Å². The van der Waals surface area contributed by atoms with Crippen LogP contribution in [0.15, 0.2) is 18.3 Å². The Balaban J connectivity index is 2.05. The zero-order valence-electron chi connectivity index (χ0n) is 12.7. The third-order valence-electron chi connectivity index (χ3n) is 3.93. The largest absolute Gasteiger partial charge is 0.354 e. The molecule has 0 bridgehead atoms. The van der Waals surface area contributed by atoms with Gasteiger partial charge < -0.3 is 10.2 Å². The average Bonchev–Trinajstić information content (AvgIpc) is 2.48. The van der Waals surface area contributed by atoms with Gasteiger partial charge in [-0.25, -0.2) is 4.98 Å². The second-order valence-electron chi connectivity index (χ2n) is 5.80. The summed E-state index contributed by atoms with van der Waals surface area (Å²) in [6.45, 7) is 7.09. The maximum atomic E-state index is 11.6. The molecule has 1 atom stereocenters. The van der Waals surface area contributed by atoms with E-state index >= 15 is 0 Å². The number of piperidine rings is 1. The Bertz CT molecular complexity index is 442. The Labute approximate surface area is 121 Å². The molecule has 2 rings (SSSR count).